The van der Waals surface area contributed by atoms with Crippen LogP contribution in [-0.4, -0.2) is 44.2 Å². The first-order chi connectivity index (χ1) is 8.20. The Labute approximate surface area is 109 Å². The summed E-state index contributed by atoms with van der Waals surface area (Å²) in [6.07, 6.45) is 0. The van der Waals surface area contributed by atoms with Crippen LogP contribution in [0.5, 0.6) is 0 Å². The second-order valence-corrected chi connectivity index (χ2v) is 5.36. The van der Waals surface area contributed by atoms with E-state index in [1.165, 1.54) is 0 Å². The van der Waals surface area contributed by atoms with Crippen LogP contribution in [0.4, 0.5) is 0 Å². The molecule has 0 aromatic rings. The van der Waals surface area contributed by atoms with Crippen molar-refractivity contribution in [2.75, 3.05) is 20.3 Å². The molecule has 18 heavy (non-hydrogen) atoms. The normalized spacial score (nSPS) is 14.8. The first kappa shape index (κ1) is 16.9. The van der Waals surface area contributed by atoms with E-state index >= 15 is 0 Å². The molecule has 0 aliphatic carbocycles. The zero-order chi connectivity index (χ0) is 14.3. The molecule has 0 radical (unpaired) electrons. The number of hydrogen-bond acceptors (Lipinski definition) is 4. The Kier molecular flexibility index (Phi) is 6.86. The highest BCUT2D eigenvalue weighted by Crippen LogP contribution is 2.17. The number of carbonyl (C=O) groups is 2. The van der Waals surface area contributed by atoms with Gasteiger partial charge in [0.05, 0.1) is 12.6 Å². The van der Waals surface area contributed by atoms with Gasteiger partial charge < -0.3 is 21.1 Å². The lowest BCUT2D eigenvalue weighted by molar-refractivity contribution is -0.130. The largest absolute Gasteiger partial charge is 0.383 e. The van der Waals surface area contributed by atoms with E-state index in [4.69, 9.17) is 10.5 Å². The standard InChI is InChI=1S/C12H25N3O3/c1-8(10(16)14-6-7-18-5)15-11(17)9(13)12(2,3)4/h8-9H,6-7,13H2,1-5H3,(H,14,16)(H,15,17)/t8?,9-/m0/s1. The summed E-state index contributed by atoms with van der Waals surface area (Å²) in [6.45, 7) is 8.10. The van der Waals surface area contributed by atoms with Gasteiger partial charge >= 0.3 is 0 Å². The third kappa shape index (κ3) is 5.97. The number of nitrogens with one attached hydrogen (secondary N) is 2. The fourth-order valence-corrected chi connectivity index (χ4v) is 1.19. The molecule has 0 bridgehead atoms. The van der Waals surface area contributed by atoms with Crippen molar-refractivity contribution < 1.29 is 14.3 Å². The van der Waals surface area contributed by atoms with Gasteiger partial charge in [0.15, 0.2) is 0 Å². The second-order valence-electron chi connectivity index (χ2n) is 5.36. The molecule has 106 valence electrons. The number of nitrogens with two attached hydrogens (primary N) is 1. The lowest BCUT2D eigenvalue weighted by Crippen LogP contribution is -2.54. The Morgan fingerprint density at radius 1 is 1.28 bits per heavy atom. The molecule has 0 aliphatic heterocycles. The molecule has 2 atom stereocenters. The Bertz CT molecular complexity index is 287. The number of rotatable bonds is 6. The minimum Gasteiger partial charge on any atom is -0.383 e. The molecule has 0 saturated carbocycles. The molecule has 1 unspecified atom stereocenters. The topological polar surface area (TPSA) is 93.5 Å². The van der Waals surface area contributed by atoms with Crippen LogP contribution in [0.15, 0.2) is 0 Å². The summed E-state index contributed by atoms with van der Waals surface area (Å²) in [4.78, 5) is 23.4. The summed E-state index contributed by atoms with van der Waals surface area (Å²) in [5.41, 5.74) is 5.46. The van der Waals surface area contributed by atoms with Gasteiger partial charge in [0, 0.05) is 13.7 Å². The Hall–Kier alpha value is -1.14. The molecule has 0 rings (SSSR count). The molecule has 0 aromatic carbocycles. The van der Waals surface area contributed by atoms with E-state index in [9.17, 15) is 9.59 Å². The van der Waals surface area contributed by atoms with Crippen LogP contribution < -0.4 is 16.4 Å². The van der Waals surface area contributed by atoms with Gasteiger partial charge in [0.2, 0.25) is 11.8 Å². The third-order valence-corrected chi connectivity index (χ3v) is 2.57. The van der Waals surface area contributed by atoms with E-state index in [0.717, 1.165) is 0 Å². The van der Waals surface area contributed by atoms with Crippen molar-refractivity contribution in [3.8, 4) is 0 Å². The van der Waals surface area contributed by atoms with E-state index < -0.39 is 12.1 Å². The van der Waals surface area contributed by atoms with Gasteiger partial charge in [-0.25, -0.2) is 0 Å². The highest BCUT2D eigenvalue weighted by Gasteiger charge is 2.29. The quantitative estimate of drug-likeness (QED) is 0.567. The maximum absolute atomic E-state index is 11.8. The predicted octanol–water partition coefficient (Wildman–Crippen LogP) is -0.373. The van der Waals surface area contributed by atoms with Crippen LogP contribution in [0.2, 0.25) is 0 Å². The van der Waals surface area contributed by atoms with Gasteiger partial charge in [-0.15, -0.1) is 0 Å². The van der Waals surface area contributed by atoms with Crippen LogP contribution in [0.1, 0.15) is 27.7 Å². The van der Waals surface area contributed by atoms with Crippen LogP contribution in [-0.2, 0) is 14.3 Å². The first-order valence-electron chi connectivity index (χ1n) is 6.02. The van der Waals surface area contributed by atoms with Gasteiger partial charge in [-0.2, -0.15) is 0 Å². The monoisotopic (exact) mass is 259 g/mol. The first-order valence-corrected chi connectivity index (χ1v) is 6.02. The molecule has 0 aromatic heterocycles. The molecule has 6 heteroatoms. The van der Waals surface area contributed by atoms with E-state index in [0.29, 0.717) is 13.2 Å². The van der Waals surface area contributed by atoms with Crippen LogP contribution in [0, 0.1) is 5.41 Å². The summed E-state index contributed by atoms with van der Waals surface area (Å²) < 4.78 is 4.81. The van der Waals surface area contributed by atoms with E-state index in [1.54, 1.807) is 14.0 Å². The van der Waals surface area contributed by atoms with Crippen LogP contribution in [0.25, 0.3) is 0 Å². The average molecular weight is 259 g/mol. The fraction of sp³-hybridized carbons (Fsp3) is 0.833. The minimum absolute atomic E-state index is 0.249. The highest BCUT2D eigenvalue weighted by molar-refractivity contribution is 5.89. The van der Waals surface area contributed by atoms with Crippen molar-refractivity contribution in [2.45, 2.75) is 39.8 Å². The van der Waals surface area contributed by atoms with Gasteiger partial charge in [0.25, 0.3) is 0 Å². The summed E-state index contributed by atoms with van der Waals surface area (Å²) in [7, 11) is 1.56. The molecule has 0 spiro atoms. The van der Waals surface area contributed by atoms with Crippen molar-refractivity contribution in [3.63, 3.8) is 0 Å². The van der Waals surface area contributed by atoms with Crippen molar-refractivity contribution in [1.82, 2.24) is 10.6 Å². The Morgan fingerprint density at radius 3 is 2.28 bits per heavy atom. The molecule has 4 N–H and O–H groups in total. The zero-order valence-electron chi connectivity index (χ0n) is 11.9. The summed E-state index contributed by atoms with van der Waals surface area (Å²) in [5.74, 6) is -0.571. The molecule has 0 aliphatic rings. The summed E-state index contributed by atoms with van der Waals surface area (Å²) in [6, 6.07) is -1.26. The van der Waals surface area contributed by atoms with Crippen molar-refractivity contribution in [2.24, 2.45) is 11.1 Å². The Balaban J connectivity index is 4.18. The number of ether oxygens (including phenoxy) is 1. The maximum atomic E-state index is 11.8. The lowest BCUT2D eigenvalue weighted by atomic mass is 9.87. The van der Waals surface area contributed by atoms with E-state index in [2.05, 4.69) is 10.6 Å². The number of amides is 2. The van der Waals surface area contributed by atoms with Crippen molar-refractivity contribution in [1.29, 1.82) is 0 Å². The van der Waals surface area contributed by atoms with Crippen LogP contribution in [0.3, 0.4) is 0 Å². The van der Waals surface area contributed by atoms with Gasteiger partial charge in [-0.1, -0.05) is 20.8 Å². The third-order valence-electron chi connectivity index (χ3n) is 2.57. The molecule has 0 fully saturated rings. The minimum atomic E-state index is -0.647. The molecule has 0 heterocycles. The van der Waals surface area contributed by atoms with Gasteiger partial charge in [0.1, 0.15) is 6.04 Å². The fourth-order valence-electron chi connectivity index (χ4n) is 1.19. The van der Waals surface area contributed by atoms with Crippen molar-refractivity contribution >= 4 is 11.8 Å². The summed E-state index contributed by atoms with van der Waals surface area (Å²) in [5, 5.41) is 5.24. The molecular weight excluding hydrogens is 234 g/mol. The average Bonchev–Trinajstić information content (AvgIpc) is 2.26. The van der Waals surface area contributed by atoms with E-state index in [1.807, 2.05) is 20.8 Å². The second kappa shape index (κ2) is 7.33. The lowest BCUT2D eigenvalue weighted by Gasteiger charge is -2.27. The number of hydrogen-bond donors (Lipinski definition) is 3. The number of methoxy groups -OCH3 is 1. The van der Waals surface area contributed by atoms with Crippen LogP contribution >= 0.6 is 0 Å². The molecule has 2 amide bonds. The SMILES string of the molecule is COCCNC(=O)C(C)NC(=O)[C@H](N)C(C)(C)C. The van der Waals surface area contributed by atoms with Gasteiger partial charge in [-0.05, 0) is 12.3 Å². The maximum Gasteiger partial charge on any atom is 0.242 e. The summed E-state index contributed by atoms with van der Waals surface area (Å²) >= 11 is 0. The molecule has 0 saturated heterocycles. The van der Waals surface area contributed by atoms with E-state index in [-0.39, 0.29) is 17.2 Å². The Morgan fingerprint density at radius 2 is 1.83 bits per heavy atom. The smallest absolute Gasteiger partial charge is 0.242 e. The zero-order valence-corrected chi connectivity index (χ0v) is 11.9. The number of carbonyl (C=O) groups excluding carboxylic acids is 2. The molecular formula is C12H25N3O3. The highest BCUT2D eigenvalue weighted by atomic mass is 16.5. The predicted molar refractivity (Wildman–Crippen MR) is 69.9 cm³/mol. The van der Waals surface area contributed by atoms with Crippen molar-refractivity contribution in [3.05, 3.63) is 0 Å². The van der Waals surface area contributed by atoms with Gasteiger partial charge in [-0.3, -0.25) is 9.59 Å². The molecule has 6 nitrogen and oxygen atoms in total.